The van der Waals surface area contributed by atoms with Crippen LogP contribution >= 0.6 is 0 Å². The Morgan fingerprint density at radius 2 is 1.79 bits per heavy atom. The second-order valence-electron chi connectivity index (χ2n) is 4.03. The van der Waals surface area contributed by atoms with Crippen LogP contribution in [0.15, 0.2) is 30.3 Å². The fraction of sp³-hybridized carbons (Fsp3) is 0.500. The molecule has 0 unspecified atom stereocenters. The molecule has 0 spiro atoms. The van der Waals surface area contributed by atoms with Crippen molar-refractivity contribution in [1.82, 2.24) is 5.32 Å². The van der Waals surface area contributed by atoms with Gasteiger partial charge in [0.25, 0.3) is 0 Å². The van der Waals surface area contributed by atoms with Gasteiger partial charge in [-0.15, -0.1) is 0 Å². The summed E-state index contributed by atoms with van der Waals surface area (Å²) < 4.78 is 13.2. The fourth-order valence-electron chi connectivity index (χ4n) is 2.20. The Morgan fingerprint density at radius 1 is 1.14 bits per heavy atom. The third-order valence-electron chi connectivity index (χ3n) is 3.20. The van der Waals surface area contributed by atoms with E-state index >= 15 is 0 Å². The molecule has 0 bridgehead atoms. The number of benzene rings is 1. The molecule has 0 radical (unpaired) electrons. The molecule has 2 rings (SSSR count). The van der Waals surface area contributed by atoms with E-state index in [1.807, 2.05) is 30.3 Å². The molecule has 1 nitrogen and oxygen atoms in total. The van der Waals surface area contributed by atoms with E-state index < -0.39 is 0 Å². The number of nitrogens with one attached hydrogen (secondary N) is 1. The summed E-state index contributed by atoms with van der Waals surface area (Å²) in [5.41, 5.74) is 0.941. The van der Waals surface area contributed by atoms with Crippen molar-refractivity contribution in [2.45, 2.75) is 18.3 Å². The van der Waals surface area contributed by atoms with Crippen molar-refractivity contribution >= 4 is 0 Å². The zero-order chi connectivity index (χ0) is 9.86. The minimum Gasteiger partial charge on any atom is -0.317 e. The minimum absolute atomic E-state index is 0.216. The first-order valence-electron chi connectivity index (χ1n) is 5.20. The number of alkyl halides is 1. The lowest BCUT2D eigenvalue weighted by atomic mass is 9.74. The van der Waals surface area contributed by atoms with Gasteiger partial charge in [0.15, 0.2) is 0 Å². The Labute approximate surface area is 84.3 Å². The van der Waals surface area contributed by atoms with E-state index in [9.17, 15) is 4.39 Å². The lowest BCUT2D eigenvalue weighted by Crippen LogP contribution is -2.41. The van der Waals surface area contributed by atoms with E-state index in [1.54, 1.807) is 0 Å². The molecule has 0 amide bonds. The van der Waals surface area contributed by atoms with Gasteiger partial charge in [0.2, 0.25) is 0 Å². The highest BCUT2D eigenvalue weighted by Crippen LogP contribution is 2.33. The Bertz CT molecular complexity index is 278. The van der Waals surface area contributed by atoms with Crippen molar-refractivity contribution in [3.05, 3.63) is 35.9 Å². The first-order chi connectivity index (χ1) is 6.87. The molecule has 1 saturated heterocycles. The van der Waals surface area contributed by atoms with Crippen LogP contribution in [-0.4, -0.2) is 19.8 Å². The van der Waals surface area contributed by atoms with Crippen molar-refractivity contribution in [2.24, 2.45) is 0 Å². The van der Waals surface area contributed by atoms with Crippen LogP contribution in [0.25, 0.3) is 0 Å². The molecule has 0 saturated carbocycles. The molecule has 1 heterocycles. The Morgan fingerprint density at radius 3 is 2.36 bits per heavy atom. The molecule has 76 valence electrons. The van der Waals surface area contributed by atoms with Crippen LogP contribution in [-0.2, 0) is 5.41 Å². The van der Waals surface area contributed by atoms with E-state index in [2.05, 4.69) is 5.32 Å². The Hall–Kier alpha value is -0.890. The molecule has 0 atom stereocenters. The molecule has 1 aliphatic heterocycles. The smallest absolute Gasteiger partial charge is 0.0991 e. The van der Waals surface area contributed by atoms with Crippen LogP contribution in [0.3, 0.4) is 0 Å². The maximum atomic E-state index is 13.2. The van der Waals surface area contributed by atoms with Crippen molar-refractivity contribution in [2.75, 3.05) is 19.8 Å². The van der Waals surface area contributed by atoms with Gasteiger partial charge >= 0.3 is 0 Å². The number of rotatable bonds is 2. The molecule has 1 fully saturated rings. The molecule has 2 heteroatoms. The summed E-state index contributed by atoms with van der Waals surface area (Å²) in [6.07, 6.45) is 1.82. The maximum Gasteiger partial charge on any atom is 0.0991 e. The van der Waals surface area contributed by atoms with E-state index in [4.69, 9.17) is 0 Å². The van der Waals surface area contributed by atoms with Gasteiger partial charge in [0, 0.05) is 5.41 Å². The highest BCUT2D eigenvalue weighted by atomic mass is 19.1. The first-order valence-corrected chi connectivity index (χ1v) is 5.20. The molecule has 1 aromatic rings. The van der Waals surface area contributed by atoms with Gasteiger partial charge in [-0.2, -0.15) is 0 Å². The van der Waals surface area contributed by atoms with Crippen molar-refractivity contribution < 1.29 is 4.39 Å². The second kappa shape index (κ2) is 4.09. The van der Waals surface area contributed by atoms with Crippen LogP contribution in [0.2, 0.25) is 0 Å². The number of piperidine rings is 1. The fourth-order valence-corrected chi connectivity index (χ4v) is 2.20. The van der Waals surface area contributed by atoms with Crippen LogP contribution in [0.5, 0.6) is 0 Å². The number of hydrogen-bond donors (Lipinski definition) is 1. The summed E-state index contributed by atoms with van der Waals surface area (Å²) >= 11 is 0. The molecule has 1 aromatic carbocycles. The summed E-state index contributed by atoms with van der Waals surface area (Å²) in [5.74, 6) is 0. The van der Waals surface area contributed by atoms with Gasteiger partial charge in [-0.1, -0.05) is 30.3 Å². The third kappa shape index (κ3) is 1.67. The highest BCUT2D eigenvalue weighted by Gasteiger charge is 2.33. The summed E-state index contributed by atoms with van der Waals surface area (Å²) in [6.45, 7) is 1.62. The van der Waals surface area contributed by atoms with Crippen LogP contribution in [0, 0.1) is 0 Å². The van der Waals surface area contributed by atoms with Gasteiger partial charge in [-0.3, -0.25) is 4.39 Å². The number of halogens is 1. The topological polar surface area (TPSA) is 12.0 Å². The van der Waals surface area contributed by atoms with Crippen LogP contribution in [0.1, 0.15) is 18.4 Å². The summed E-state index contributed by atoms with van der Waals surface area (Å²) in [7, 11) is 0. The minimum atomic E-state index is -0.237. The summed E-state index contributed by atoms with van der Waals surface area (Å²) in [4.78, 5) is 0. The molecule has 0 aliphatic carbocycles. The predicted octanol–water partition coefficient (Wildman–Crippen LogP) is 2.28. The average Bonchev–Trinajstić information content (AvgIpc) is 2.31. The normalized spacial score (nSPS) is 20.6. The average molecular weight is 193 g/mol. The number of hydrogen-bond acceptors (Lipinski definition) is 1. The van der Waals surface area contributed by atoms with Crippen LogP contribution < -0.4 is 5.32 Å². The molecule has 1 N–H and O–H groups in total. The zero-order valence-corrected chi connectivity index (χ0v) is 8.30. The lowest BCUT2D eigenvalue weighted by Gasteiger charge is -2.35. The standard InChI is InChI=1S/C12H16FN/c13-10-12(6-8-14-9-7-12)11-4-2-1-3-5-11/h1-5,14H,6-10H2. The molecule has 14 heavy (non-hydrogen) atoms. The lowest BCUT2D eigenvalue weighted by molar-refractivity contribution is 0.237. The first kappa shape index (κ1) is 9.66. The summed E-state index contributed by atoms with van der Waals surface area (Å²) in [6, 6.07) is 10.1. The van der Waals surface area contributed by atoms with Crippen LogP contribution in [0.4, 0.5) is 4.39 Å². The van der Waals surface area contributed by atoms with E-state index in [0.717, 1.165) is 31.5 Å². The highest BCUT2D eigenvalue weighted by molar-refractivity contribution is 5.26. The largest absolute Gasteiger partial charge is 0.317 e. The van der Waals surface area contributed by atoms with Gasteiger partial charge in [-0.05, 0) is 31.5 Å². The van der Waals surface area contributed by atoms with Crippen molar-refractivity contribution in [3.63, 3.8) is 0 Å². The molecule has 0 aromatic heterocycles. The SMILES string of the molecule is FCC1(c2ccccc2)CCNCC1. The molecule has 1 aliphatic rings. The van der Waals surface area contributed by atoms with Crippen molar-refractivity contribution in [3.8, 4) is 0 Å². The van der Waals surface area contributed by atoms with Gasteiger partial charge in [-0.25, -0.2) is 0 Å². The van der Waals surface area contributed by atoms with Gasteiger partial charge in [0.05, 0.1) is 6.67 Å². The second-order valence-corrected chi connectivity index (χ2v) is 4.03. The quantitative estimate of drug-likeness (QED) is 0.759. The molecular formula is C12H16FN. The maximum absolute atomic E-state index is 13.2. The Balaban J connectivity index is 2.27. The van der Waals surface area contributed by atoms with Gasteiger partial charge < -0.3 is 5.32 Å². The van der Waals surface area contributed by atoms with Crippen molar-refractivity contribution in [1.29, 1.82) is 0 Å². The summed E-state index contributed by atoms with van der Waals surface area (Å²) in [5, 5.41) is 3.28. The van der Waals surface area contributed by atoms with Gasteiger partial charge in [0.1, 0.15) is 0 Å². The predicted molar refractivity (Wildman–Crippen MR) is 56.2 cm³/mol. The Kier molecular flexibility index (Phi) is 2.82. The third-order valence-corrected chi connectivity index (χ3v) is 3.20. The zero-order valence-electron chi connectivity index (χ0n) is 8.30. The van der Waals surface area contributed by atoms with E-state index in [-0.39, 0.29) is 12.1 Å². The van der Waals surface area contributed by atoms with E-state index in [1.165, 1.54) is 0 Å². The van der Waals surface area contributed by atoms with E-state index in [0.29, 0.717) is 0 Å². The monoisotopic (exact) mass is 193 g/mol. The molecular weight excluding hydrogens is 177 g/mol.